The van der Waals surface area contributed by atoms with Gasteiger partial charge in [-0.15, -0.1) is 0 Å². The number of nitrogens with zero attached hydrogens (tertiary/aromatic N) is 4. The smallest absolute Gasteiger partial charge is 0.254 e. The number of β-amino-alcohol motifs (C(OH)–C–C–N with tert-alkyl or cyclic N) is 1. The number of aryl methyl sites for hydroxylation is 1. The van der Waals surface area contributed by atoms with Gasteiger partial charge in [-0.2, -0.15) is 0 Å². The summed E-state index contributed by atoms with van der Waals surface area (Å²) in [4.78, 5) is 23.1. The number of amides is 1. The lowest BCUT2D eigenvalue weighted by atomic mass is 10.0. The molecule has 4 rings (SSSR count). The fraction of sp³-hybridized carbons (Fsp3) is 0.316. The number of fused-ring (bicyclic) bond motifs is 1. The first kappa shape index (κ1) is 15.8. The first-order chi connectivity index (χ1) is 12.1. The summed E-state index contributed by atoms with van der Waals surface area (Å²) in [6, 6.07) is 7.72. The Bertz CT molecular complexity index is 906. The molecule has 1 amide bonds. The van der Waals surface area contributed by atoms with Crippen LogP contribution in [0, 0.1) is 5.92 Å². The zero-order chi connectivity index (χ0) is 17.4. The molecule has 25 heavy (non-hydrogen) atoms. The number of aliphatic hydroxyl groups is 1. The second-order valence-corrected chi connectivity index (χ2v) is 6.60. The summed E-state index contributed by atoms with van der Waals surface area (Å²) in [5, 5.41) is 11.3. The number of aliphatic hydroxyl groups excluding tert-OH is 1. The van der Waals surface area contributed by atoms with Gasteiger partial charge in [-0.25, -0.2) is 0 Å². The van der Waals surface area contributed by atoms with E-state index >= 15 is 0 Å². The molecule has 1 N–H and O–H groups in total. The van der Waals surface area contributed by atoms with E-state index in [2.05, 4.69) is 9.97 Å². The molecule has 3 heterocycles. The van der Waals surface area contributed by atoms with E-state index in [0.717, 1.165) is 16.6 Å². The topological polar surface area (TPSA) is 71.2 Å². The van der Waals surface area contributed by atoms with Gasteiger partial charge in [0, 0.05) is 67.3 Å². The quantitative estimate of drug-likeness (QED) is 0.789. The lowest BCUT2D eigenvalue weighted by Crippen LogP contribution is -2.29. The van der Waals surface area contributed by atoms with E-state index in [1.54, 1.807) is 23.5 Å². The summed E-state index contributed by atoms with van der Waals surface area (Å²) in [6.45, 7) is 0.882. The molecule has 6 heteroatoms. The minimum absolute atomic E-state index is 0.0179. The first-order valence-corrected chi connectivity index (χ1v) is 8.40. The largest absolute Gasteiger partial charge is 0.391 e. The van der Waals surface area contributed by atoms with Crippen LogP contribution in [0.1, 0.15) is 16.1 Å². The van der Waals surface area contributed by atoms with Crippen molar-refractivity contribution in [3.63, 3.8) is 0 Å². The molecule has 3 aromatic rings. The van der Waals surface area contributed by atoms with Crippen molar-refractivity contribution >= 4 is 16.8 Å². The van der Waals surface area contributed by atoms with Gasteiger partial charge < -0.3 is 14.6 Å². The summed E-state index contributed by atoms with van der Waals surface area (Å²) in [5.74, 6) is -0.0480. The Labute approximate surface area is 145 Å². The van der Waals surface area contributed by atoms with Crippen LogP contribution in [0.4, 0.5) is 0 Å². The molecule has 1 aliphatic heterocycles. The highest BCUT2D eigenvalue weighted by molar-refractivity contribution is 6.06. The van der Waals surface area contributed by atoms with Crippen LogP contribution in [-0.2, 0) is 13.5 Å². The third-order valence-corrected chi connectivity index (χ3v) is 4.94. The predicted molar refractivity (Wildman–Crippen MR) is 94.1 cm³/mol. The molecule has 0 radical (unpaired) electrons. The Hall–Kier alpha value is -2.73. The lowest BCUT2D eigenvalue weighted by molar-refractivity contribution is 0.0766. The van der Waals surface area contributed by atoms with Crippen molar-refractivity contribution in [3.05, 3.63) is 60.3 Å². The fourth-order valence-corrected chi connectivity index (χ4v) is 3.58. The van der Waals surface area contributed by atoms with Crippen LogP contribution in [0.5, 0.6) is 0 Å². The van der Waals surface area contributed by atoms with Gasteiger partial charge in [-0.3, -0.25) is 14.8 Å². The minimum Gasteiger partial charge on any atom is -0.391 e. The van der Waals surface area contributed by atoms with E-state index in [0.29, 0.717) is 25.1 Å². The predicted octanol–water partition coefficient (Wildman–Crippen LogP) is 1.64. The number of hydrogen-bond donors (Lipinski definition) is 1. The Balaban J connectivity index is 1.55. The number of carbonyl (C=O) groups is 1. The fourth-order valence-electron chi connectivity index (χ4n) is 3.58. The normalized spacial score (nSPS) is 20.3. The van der Waals surface area contributed by atoms with Gasteiger partial charge in [0.25, 0.3) is 5.91 Å². The SMILES string of the molecule is Cn1ccc2c(C(=O)N3C[C@@H](Cc4cnccn4)[C@H](O)C3)cccc21. The maximum atomic E-state index is 13.0. The van der Waals surface area contributed by atoms with Crippen LogP contribution < -0.4 is 0 Å². The maximum Gasteiger partial charge on any atom is 0.254 e. The minimum atomic E-state index is -0.541. The van der Waals surface area contributed by atoms with Gasteiger partial charge in [-0.1, -0.05) is 6.07 Å². The van der Waals surface area contributed by atoms with Gasteiger partial charge in [0.2, 0.25) is 0 Å². The average Bonchev–Trinajstić information content (AvgIpc) is 3.19. The summed E-state index contributed by atoms with van der Waals surface area (Å²) in [5.41, 5.74) is 2.55. The van der Waals surface area contributed by atoms with E-state index in [4.69, 9.17) is 0 Å². The van der Waals surface area contributed by atoms with Crippen LogP contribution >= 0.6 is 0 Å². The molecule has 0 unspecified atom stereocenters. The third kappa shape index (κ3) is 2.89. The Morgan fingerprint density at radius 1 is 1.28 bits per heavy atom. The van der Waals surface area contributed by atoms with Crippen LogP contribution in [0.25, 0.3) is 10.9 Å². The van der Waals surface area contributed by atoms with Crippen molar-refractivity contribution in [3.8, 4) is 0 Å². The summed E-state index contributed by atoms with van der Waals surface area (Å²) < 4.78 is 2.00. The zero-order valence-corrected chi connectivity index (χ0v) is 14.0. The highest BCUT2D eigenvalue weighted by Crippen LogP contribution is 2.26. The van der Waals surface area contributed by atoms with Gasteiger partial charge in [0.05, 0.1) is 11.8 Å². The van der Waals surface area contributed by atoms with Crippen molar-refractivity contribution in [1.29, 1.82) is 0 Å². The van der Waals surface area contributed by atoms with Crippen LogP contribution in [0.3, 0.4) is 0 Å². The van der Waals surface area contributed by atoms with Crippen LogP contribution in [0.2, 0.25) is 0 Å². The number of aromatic nitrogens is 3. The molecule has 6 nitrogen and oxygen atoms in total. The molecule has 128 valence electrons. The van der Waals surface area contributed by atoms with Crippen molar-refractivity contribution in [2.24, 2.45) is 13.0 Å². The third-order valence-electron chi connectivity index (χ3n) is 4.94. The molecule has 0 bridgehead atoms. The first-order valence-electron chi connectivity index (χ1n) is 8.40. The molecule has 0 saturated carbocycles. The number of likely N-dealkylation sites (tertiary alicyclic amines) is 1. The molecule has 2 atom stereocenters. The maximum absolute atomic E-state index is 13.0. The Morgan fingerprint density at radius 2 is 2.16 bits per heavy atom. The molecule has 0 aliphatic carbocycles. The molecule has 1 aliphatic rings. The van der Waals surface area contributed by atoms with E-state index in [9.17, 15) is 9.90 Å². The van der Waals surface area contributed by atoms with E-state index in [1.807, 2.05) is 42.1 Å². The standard InChI is InChI=1S/C19H20N4O2/c1-22-8-5-15-16(3-2-4-17(15)22)19(25)23-11-13(18(24)12-23)9-14-10-20-6-7-21-14/h2-8,10,13,18,24H,9,11-12H2,1H3/t13-,18-/m1/s1. The van der Waals surface area contributed by atoms with E-state index in [1.165, 1.54) is 0 Å². The average molecular weight is 336 g/mol. The molecule has 1 fully saturated rings. The molecule has 2 aromatic heterocycles. The molecule has 1 aromatic carbocycles. The van der Waals surface area contributed by atoms with Crippen LogP contribution in [-0.4, -0.2) is 49.6 Å². The van der Waals surface area contributed by atoms with Crippen LogP contribution in [0.15, 0.2) is 49.1 Å². The van der Waals surface area contributed by atoms with Gasteiger partial charge >= 0.3 is 0 Å². The van der Waals surface area contributed by atoms with Crippen molar-refractivity contribution in [1.82, 2.24) is 19.4 Å². The van der Waals surface area contributed by atoms with Crippen molar-refractivity contribution in [2.45, 2.75) is 12.5 Å². The van der Waals surface area contributed by atoms with Crippen molar-refractivity contribution < 1.29 is 9.90 Å². The summed E-state index contributed by atoms with van der Waals surface area (Å²) in [7, 11) is 1.97. The Morgan fingerprint density at radius 3 is 2.96 bits per heavy atom. The van der Waals surface area contributed by atoms with Gasteiger partial charge in [0.1, 0.15) is 0 Å². The second kappa shape index (κ2) is 6.29. The zero-order valence-electron chi connectivity index (χ0n) is 14.0. The Kier molecular flexibility index (Phi) is 3.97. The van der Waals surface area contributed by atoms with Gasteiger partial charge in [0.15, 0.2) is 0 Å². The van der Waals surface area contributed by atoms with Gasteiger partial charge in [-0.05, 0) is 24.6 Å². The molecule has 1 saturated heterocycles. The monoisotopic (exact) mass is 336 g/mol. The van der Waals surface area contributed by atoms with Crippen molar-refractivity contribution in [2.75, 3.05) is 13.1 Å². The van der Waals surface area contributed by atoms with E-state index < -0.39 is 6.10 Å². The molecular weight excluding hydrogens is 316 g/mol. The highest BCUT2D eigenvalue weighted by Gasteiger charge is 2.35. The highest BCUT2D eigenvalue weighted by atomic mass is 16.3. The second-order valence-electron chi connectivity index (χ2n) is 6.60. The number of carbonyl (C=O) groups excluding carboxylic acids is 1. The van der Waals surface area contributed by atoms with E-state index in [-0.39, 0.29) is 11.8 Å². The lowest BCUT2D eigenvalue weighted by Gasteiger charge is -2.17. The molecular formula is C19H20N4O2. The summed E-state index contributed by atoms with van der Waals surface area (Å²) in [6.07, 6.45) is 7.02. The number of hydrogen-bond acceptors (Lipinski definition) is 4. The number of rotatable bonds is 3. The summed E-state index contributed by atoms with van der Waals surface area (Å²) >= 11 is 0. The molecule has 0 spiro atoms. The number of benzene rings is 1.